The number of rotatable bonds is 2. The average molecular weight is 323 g/mol. The van der Waals surface area contributed by atoms with Crippen LogP contribution in [0.15, 0.2) is 6.33 Å². The van der Waals surface area contributed by atoms with Gasteiger partial charge in [0.05, 0.1) is 24.0 Å². The molecule has 2 radical (unpaired) electrons. The summed E-state index contributed by atoms with van der Waals surface area (Å²) in [6.07, 6.45) is -0.844. The molecule has 2 aromatic rings. The van der Waals surface area contributed by atoms with Crippen molar-refractivity contribution < 1.29 is 19.3 Å². The summed E-state index contributed by atoms with van der Waals surface area (Å²) in [6.45, 7) is 5.27. The van der Waals surface area contributed by atoms with Gasteiger partial charge < -0.3 is 20.7 Å². The fraction of sp³-hybridized carbons (Fsp3) is 0.615. The van der Waals surface area contributed by atoms with Gasteiger partial charge in [0, 0.05) is 6.42 Å². The molecule has 1 fully saturated rings. The first-order valence-electron chi connectivity index (χ1n) is 7.21. The molecule has 0 bridgehead atoms. The minimum atomic E-state index is -1.78. The molecule has 1 aliphatic rings. The van der Waals surface area contributed by atoms with E-state index < -0.39 is 23.4 Å². The van der Waals surface area contributed by atoms with Crippen LogP contribution in [0.1, 0.15) is 33.4 Å². The number of hydrogen-bond donors (Lipinski definition) is 3. The van der Waals surface area contributed by atoms with Crippen LogP contribution in [0, 0.1) is 6.08 Å². The molecule has 10 heteroatoms. The van der Waals surface area contributed by atoms with Gasteiger partial charge in [-0.3, -0.25) is 4.57 Å². The number of ether oxygens (including phenoxy) is 1. The Morgan fingerprint density at radius 2 is 2.17 bits per heavy atom. The van der Waals surface area contributed by atoms with Crippen LogP contribution in [-0.2, 0) is 4.74 Å². The molecule has 3 atom stereocenters. The Hall–Kier alpha value is -1.78. The van der Waals surface area contributed by atoms with Crippen LogP contribution in [0.2, 0.25) is 0 Å². The molecule has 0 aromatic carbocycles. The van der Waals surface area contributed by atoms with Crippen molar-refractivity contribution >= 4 is 24.8 Å². The highest BCUT2D eigenvalue weighted by molar-refractivity contribution is 6.14. The van der Waals surface area contributed by atoms with Gasteiger partial charge in [-0.25, -0.2) is 4.98 Å². The summed E-state index contributed by atoms with van der Waals surface area (Å²) >= 11 is 0. The molecule has 8 nitrogen and oxygen atoms in total. The lowest BCUT2D eigenvalue weighted by molar-refractivity contribution is -0.104. The van der Waals surface area contributed by atoms with Gasteiger partial charge >= 0.3 is 6.08 Å². The monoisotopic (exact) mass is 323 g/mol. The van der Waals surface area contributed by atoms with Crippen LogP contribution in [0.25, 0.3) is 11.2 Å². The predicted octanol–water partition coefficient (Wildman–Crippen LogP) is 0.101. The standard InChI is InChI=1S/C11H13BFN5O3.C2H6/c1-10(3-19)2-11(12,20)8(21-10)18-4-15-5-6(14)16-9(13)17-7(5)18;1-2/h4,8,19-20H,2-3H2,1H3,(H2,14,16,17);1-2H3/t8?,10-,11?;/m0./s1. The predicted molar refractivity (Wildman–Crippen MR) is 82.0 cm³/mol. The van der Waals surface area contributed by atoms with E-state index >= 15 is 0 Å². The van der Waals surface area contributed by atoms with E-state index in [2.05, 4.69) is 15.0 Å². The topological polar surface area (TPSA) is 119 Å². The molecule has 0 spiro atoms. The second-order valence-electron chi connectivity index (χ2n) is 5.45. The van der Waals surface area contributed by atoms with E-state index in [1.807, 2.05) is 13.8 Å². The van der Waals surface area contributed by atoms with Crippen LogP contribution in [0.5, 0.6) is 0 Å². The minimum Gasteiger partial charge on any atom is -0.395 e. The first kappa shape index (κ1) is 17.6. The molecule has 0 saturated carbocycles. The number of anilines is 1. The molecule has 23 heavy (non-hydrogen) atoms. The third-order valence-corrected chi connectivity index (χ3v) is 3.49. The van der Waals surface area contributed by atoms with Gasteiger partial charge in [0.15, 0.2) is 23.2 Å². The van der Waals surface area contributed by atoms with Crippen LogP contribution in [0.3, 0.4) is 0 Å². The van der Waals surface area contributed by atoms with Crippen LogP contribution >= 0.6 is 0 Å². The van der Waals surface area contributed by atoms with Crippen molar-refractivity contribution in [3.63, 3.8) is 0 Å². The number of nitrogens with two attached hydrogens (primary N) is 1. The Balaban J connectivity index is 0.000000924. The molecular formula is C13H19BFN5O3. The second kappa shape index (κ2) is 6.02. The molecule has 1 saturated heterocycles. The van der Waals surface area contributed by atoms with E-state index in [4.69, 9.17) is 18.3 Å². The molecule has 124 valence electrons. The lowest BCUT2D eigenvalue weighted by Gasteiger charge is -2.25. The molecule has 1 aliphatic heterocycles. The van der Waals surface area contributed by atoms with Gasteiger partial charge in [-0.2, -0.15) is 14.4 Å². The summed E-state index contributed by atoms with van der Waals surface area (Å²) < 4.78 is 20.2. The summed E-state index contributed by atoms with van der Waals surface area (Å²) in [4.78, 5) is 11.0. The highest BCUT2D eigenvalue weighted by atomic mass is 19.1. The molecular weight excluding hydrogens is 304 g/mol. The van der Waals surface area contributed by atoms with Gasteiger partial charge in [0.1, 0.15) is 7.85 Å². The molecule has 0 aliphatic carbocycles. The molecule has 3 rings (SSSR count). The number of imidazole rings is 1. The highest BCUT2D eigenvalue weighted by Gasteiger charge is 2.51. The van der Waals surface area contributed by atoms with Crippen molar-refractivity contribution in [2.75, 3.05) is 12.3 Å². The van der Waals surface area contributed by atoms with Crippen LogP contribution in [0.4, 0.5) is 10.2 Å². The number of aromatic nitrogens is 4. The van der Waals surface area contributed by atoms with Crippen LogP contribution in [-0.4, -0.2) is 55.3 Å². The summed E-state index contributed by atoms with van der Waals surface area (Å²) in [5, 5.41) is 19.7. The smallest absolute Gasteiger partial charge is 0.312 e. The van der Waals surface area contributed by atoms with Crippen molar-refractivity contribution in [3.8, 4) is 0 Å². The number of halogens is 1. The SMILES string of the molecule is CC.[B]C1(O)C[C@@](C)(CO)OC1n1cnc2c(N)nc(F)nc21. The zero-order valence-electron chi connectivity index (χ0n) is 13.2. The fourth-order valence-corrected chi connectivity index (χ4v) is 2.57. The molecule has 4 N–H and O–H groups in total. The maximum atomic E-state index is 13.3. The van der Waals surface area contributed by atoms with Gasteiger partial charge in [-0.15, -0.1) is 0 Å². The Morgan fingerprint density at radius 1 is 1.52 bits per heavy atom. The molecule has 3 heterocycles. The number of aliphatic hydroxyl groups excluding tert-OH is 1. The van der Waals surface area contributed by atoms with Gasteiger partial charge in [-0.1, -0.05) is 13.8 Å². The minimum absolute atomic E-state index is 0.0100. The lowest BCUT2D eigenvalue weighted by Crippen LogP contribution is -2.36. The summed E-state index contributed by atoms with van der Waals surface area (Å²) in [7, 11) is 5.83. The zero-order chi connectivity index (χ0) is 17.4. The average Bonchev–Trinajstić information content (AvgIpc) is 2.99. The maximum absolute atomic E-state index is 13.3. The van der Waals surface area contributed by atoms with E-state index in [1.54, 1.807) is 6.92 Å². The Bertz CT molecular complexity index is 710. The Labute approximate surface area is 133 Å². The zero-order valence-corrected chi connectivity index (χ0v) is 13.2. The Kier molecular flexibility index (Phi) is 4.60. The van der Waals surface area contributed by atoms with Crippen molar-refractivity contribution in [1.29, 1.82) is 0 Å². The number of aliphatic hydroxyl groups is 2. The third kappa shape index (κ3) is 3.01. The summed E-state index contributed by atoms with van der Waals surface area (Å²) in [5.74, 6) is -0.125. The fourth-order valence-electron chi connectivity index (χ4n) is 2.57. The first-order valence-corrected chi connectivity index (χ1v) is 7.21. The Morgan fingerprint density at radius 3 is 2.74 bits per heavy atom. The summed E-state index contributed by atoms with van der Waals surface area (Å²) in [5.41, 5.74) is 3.00. The van der Waals surface area contributed by atoms with E-state index in [0.29, 0.717) is 0 Å². The van der Waals surface area contributed by atoms with Crippen molar-refractivity contribution in [3.05, 3.63) is 12.4 Å². The van der Waals surface area contributed by atoms with E-state index in [1.165, 1.54) is 10.9 Å². The number of nitrogen functional groups attached to an aromatic ring is 1. The molecule has 2 aromatic heterocycles. The van der Waals surface area contributed by atoms with Crippen molar-refractivity contribution in [2.24, 2.45) is 0 Å². The lowest BCUT2D eigenvalue weighted by atomic mass is 9.75. The molecule has 0 amide bonds. The first-order chi connectivity index (χ1) is 10.8. The van der Waals surface area contributed by atoms with Gasteiger partial charge in [0.25, 0.3) is 0 Å². The van der Waals surface area contributed by atoms with Gasteiger partial charge in [0.2, 0.25) is 0 Å². The van der Waals surface area contributed by atoms with Crippen molar-refractivity contribution in [2.45, 2.75) is 44.5 Å². The normalized spacial score (nSPS) is 30.3. The number of fused-ring (bicyclic) bond motifs is 1. The van der Waals surface area contributed by atoms with Crippen molar-refractivity contribution in [1.82, 2.24) is 19.5 Å². The van der Waals surface area contributed by atoms with E-state index in [9.17, 15) is 14.6 Å². The van der Waals surface area contributed by atoms with E-state index in [-0.39, 0.29) is 30.0 Å². The van der Waals surface area contributed by atoms with Crippen LogP contribution < -0.4 is 5.73 Å². The number of hydrogen-bond acceptors (Lipinski definition) is 7. The number of nitrogens with zero attached hydrogens (tertiary/aromatic N) is 4. The third-order valence-electron chi connectivity index (χ3n) is 3.49. The van der Waals surface area contributed by atoms with E-state index in [0.717, 1.165) is 0 Å². The maximum Gasteiger partial charge on any atom is 0.312 e. The van der Waals surface area contributed by atoms with Gasteiger partial charge in [-0.05, 0) is 6.92 Å². The molecule has 2 unspecified atom stereocenters. The summed E-state index contributed by atoms with van der Waals surface area (Å²) in [6, 6.07) is 0. The quantitative estimate of drug-likeness (QED) is 0.530. The largest absolute Gasteiger partial charge is 0.395 e. The second-order valence-corrected chi connectivity index (χ2v) is 5.45. The highest BCUT2D eigenvalue weighted by Crippen LogP contribution is 2.43.